The van der Waals surface area contributed by atoms with Gasteiger partial charge in [-0.3, -0.25) is 9.59 Å². The first-order valence-electron chi connectivity index (χ1n) is 18.7. The van der Waals surface area contributed by atoms with Crippen LogP contribution in [0, 0.1) is 0 Å². The third kappa shape index (κ3) is 8.76. The Morgan fingerprint density at radius 3 is 1.39 bits per heavy atom. The molecule has 2 aromatic carbocycles. The van der Waals surface area contributed by atoms with Crippen LogP contribution >= 0.6 is 22.7 Å². The monoisotopic (exact) mass is 772 g/mol. The van der Waals surface area contributed by atoms with Crippen molar-refractivity contribution in [2.75, 3.05) is 27.3 Å². The summed E-state index contributed by atoms with van der Waals surface area (Å²) in [5, 5.41) is 7.22. The van der Waals surface area contributed by atoms with Gasteiger partial charge >= 0.3 is 12.2 Å². The maximum absolute atomic E-state index is 13.5. The van der Waals surface area contributed by atoms with Crippen molar-refractivity contribution in [3.8, 4) is 32.0 Å². The Morgan fingerprint density at radius 2 is 1.04 bits per heavy atom. The van der Waals surface area contributed by atoms with Gasteiger partial charge in [0.1, 0.15) is 22.1 Å². The molecule has 0 radical (unpaired) electrons. The van der Waals surface area contributed by atoms with Crippen molar-refractivity contribution < 1.29 is 28.7 Å². The van der Waals surface area contributed by atoms with Crippen molar-refractivity contribution in [3.05, 3.63) is 70.9 Å². The number of alkyl carbamates (subject to hydrolysis) is 2. The lowest BCUT2D eigenvalue weighted by atomic mass is 10.0. The van der Waals surface area contributed by atoms with E-state index in [1.54, 1.807) is 22.7 Å². The molecule has 2 aromatic heterocycles. The minimum atomic E-state index is -0.619. The Balaban J connectivity index is 1.10. The molecule has 2 saturated heterocycles. The SMILES string of the molecule is CCC[C@H](NC(=O)OC)C(=O)N1CCC[C@H]1c1ncc(-c2ccc(-c3ccc(-c4cnc([C@@H]5CCCN5C(=O)[C@H](CCC)NC(=O)OC)s4)cc3)cc2)s1. The summed E-state index contributed by atoms with van der Waals surface area (Å²) >= 11 is 3.21. The summed E-state index contributed by atoms with van der Waals surface area (Å²) in [6.07, 6.45) is 8.62. The molecule has 2 aliphatic rings. The molecule has 0 saturated carbocycles. The van der Waals surface area contributed by atoms with E-state index in [1.807, 2.05) is 36.0 Å². The number of carbonyl (C=O) groups excluding carboxylic acids is 4. The van der Waals surface area contributed by atoms with E-state index in [0.29, 0.717) is 25.9 Å². The molecule has 0 unspecified atom stereocenters. The summed E-state index contributed by atoms with van der Waals surface area (Å²) in [6.45, 7) is 5.25. The third-order valence-corrected chi connectivity index (χ3v) is 12.4. The van der Waals surface area contributed by atoms with Crippen LogP contribution in [0.3, 0.4) is 0 Å². The maximum atomic E-state index is 13.5. The van der Waals surface area contributed by atoms with E-state index < -0.39 is 24.3 Å². The Hall–Kier alpha value is -4.82. The largest absolute Gasteiger partial charge is 0.453 e. The predicted octanol–water partition coefficient (Wildman–Crippen LogP) is 7.98. The van der Waals surface area contributed by atoms with Gasteiger partial charge in [-0.2, -0.15) is 0 Å². The van der Waals surface area contributed by atoms with Crippen molar-refractivity contribution in [3.63, 3.8) is 0 Å². The van der Waals surface area contributed by atoms with Crippen molar-refractivity contribution in [1.29, 1.82) is 0 Å². The molecule has 4 heterocycles. The fourth-order valence-corrected chi connectivity index (χ4v) is 9.42. The second kappa shape index (κ2) is 18.0. The summed E-state index contributed by atoms with van der Waals surface area (Å²) in [5.74, 6) is -0.182. The molecule has 0 aliphatic carbocycles. The van der Waals surface area contributed by atoms with Crippen LogP contribution < -0.4 is 10.6 Å². The molecule has 4 amide bonds. The van der Waals surface area contributed by atoms with E-state index in [0.717, 1.165) is 80.5 Å². The highest BCUT2D eigenvalue weighted by Gasteiger charge is 2.37. The Kier molecular flexibility index (Phi) is 13.0. The number of methoxy groups -OCH3 is 2. The molecule has 4 aromatic rings. The zero-order valence-corrected chi connectivity index (χ0v) is 32.8. The third-order valence-electron chi connectivity index (χ3n) is 10.1. The molecule has 14 heteroatoms. The Labute approximate surface area is 324 Å². The van der Waals surface area contributed by atoms with Crippen molar-refractivity contribution in [2.45, 2.75) is 89.4 Å². The van der Waals surface area contributed by atoms with E-state index in [1.165, 1.54) is 14.2 Å². The van der Waals surface area contributed by atoms with Gasteiger partial charge in [0.25, 0.3) is 0 Å². The number of nitrogens with zero attached hydrogens (tertiary/aromatic N) is 4. The average Bonchev–Trinajstić information content (AvgIpc) is 4.04. The number of nitrogens with one attached hydrogen (secondary N) is 2. The zero-order chi connectivity index (χ0) is 38.2. The first-order valence-corrected chi connectivity index (χ1v) is 20.3. The molecule has 2 N–H and O–H groups in total. The number of aromatic nitrogens is 2. The molecule has 6 rings (SSSR count). The molecular formula is C40H48N6O6S2. The number of rotatable bonds is 13. The Morgan fingerprint density at radius 1 is 0.667 bits per heavy atom. The number of likely N-dealkylation sites (tertiary alicyclic amines) is 2. The lowest BCUT2D eigenvalue weighted by Crippen LogP contribution is -2.48. The standard InChI is InChI=1S/C40H48N6O6S2/c1-5-9-29(43-39(49)51-3)37(47)45-21-7-11-31(45)35-41-23-33(53-35)27-17-13-25(14-18-27)26-15-19-28(20-16-26)34-24-42-36(54-34)32-12-8-22-46(32)38(48)30(10-6-2)44-40(50)52-4/h13-20,23-24,29-32H,5-12,21-22H2,1-4H3,(H,43,49)(H,44,50)/t29-,30-,31-,32-/m0/s1. The zero-order valence-electron chi connectivity index (χ0n) is 31.2. The summed E-state index contributed by atoms with van der Waals surface area (Å²) < 4.78 is 9.51. The summed E-state index contributed by atoms with van der Waals surface area (Å²) in [6, 6.07) is 15.4. The van der Waals surface area contributed by atoms with Gasteiger partial charge in [-0.05, 0) is 60.8 Å². The number of amides is 4. The highest BCUT2D eigenvalue weighted by molar-refractivity contribution is 7.15. The second-order valence-corrected chi connectivity index (χ2v) is 15.7. The molecule has 0 bridgehead atoms. The van der Waals surface area contributed by atoms with Gasteiger partial charge in [0.15, 0.2) is 0 Å². The van der Waals surface area contributed by atoms with Crippen LogP contribution in [-0.4, -0.2) is 83.2 Å². The lowest BCUT2D eigenvalue weighted by Gasteiger charge is -2.28. The minimum absolute atomic E-state index is 0.0908. The van der Waals surface area contributed by atoms with E-state index in [4.69, 9.17) is 19.4 Å². The summed E-state index contributed by atoms with van der Waals surface area (Å²) in [7, 11) is 2.60. The summed E-state index contributed by atoms with van der Waals surface area (Å²) in [4.78, 5) is 66.1. The van der Waals surface area contributed by atoms with Gasteiger partial charge in [0, 0.05) is 25.5 Å². The number of hydrogen-bond acceptors (Lipinski definition) is 10. The number of hydrogen-bond donors (Lipinski definition) is 2. The molecule has 2 aliphatic heterocycles. The molecule has 0 spiro atoms. The molecule has 54 heavy (non-hydrogen) atoms. The molecule has 12 nitrogen and oxygen atoms in total. The van der Waals surface area contributed by atoms with Gasteiger partial charge in [-0.25, -0.2) is 19.6 Å². The Bertz CT molecular complexity index is 1770. The van der Waals surface area contributed by atoms with Crippen molar-refractivity contribution >= 4 is 46.7 Å². The van der Waals surface area contributed by atoms with Gasteiger partial charge in [-0.1, -0.05) is 75.2 Å². The van der Waals surface area contributed by atoms with Crippen LogP contribution in [-0.2, 0) is 19.1 Å². The number of benzene rings is 2. The first-order chi connectivity index (χ1) is 26.2. The second-order valence-electron chi connectivity index (χ2n) is 13.6. The molecular weight excluding hydrogens is 725 g/mol. The predicted molar refractivity (Wildman–Crippen MR) is 210 cm³/mol. The molecule has 286 valence electrons. The highest BCUT2D eigenvalue weighted by atomic mass is 32.1. The van der Waals surface area contributed by atoms with Crippen LogP contribution in [0.4, 0.5) is 9.59 Å². The van der Waals surface area contributed by atoms with E-state index in [9.17, 15) is 19.2 Å². The average molecular weight is 773 g/mol. The normalized spacial score (nSPS) is 17.9. The lowest BCUT2D eigenvalue weighted by molar-refractivity contribution is -0.135. The van der Waals surface area contributed by atoms with Crippen LogP contribution in [0.5, 0.6) is 0 Å². The molecule has 2 fully saturated rings. The fourth-order valence-electron chi connectivity index (χ4n) is 7.27. The number of carbonyl (C=O) groups is 4. The summed E-state index contributed by atoms with van der Waals surface area (Å²) in [5.41, 5.74) is 4.31. The van der Waals surface area contributed by atoms with Crippen molar-refractivity contribution in [2.24, 2.45) is 0 Å². The number of thiazole rings is 2. The van der Waals surface area contributed by atoms with E-state index >= 15 is 0 Å². The highest BCUT2D eigenvalue weighted by Crippen LogP contribution is 2.40. The number of ether oxygens (including phenoxy) is 2. The molecule has 4 atom stereocenters. The van der Waals surface area contributed by atoms with Crippen LogP contribution in [0.25, 0.3) is 32.0 Å². The topological polar surface area (TPSA) is 143 Å². The van der Waals surface area contributed by atoms with Crippen LogP contribution in [0.15, 0.2) is 60.9 Å². The fraction of sp³-hybridized carbons (Fsp3) is 0.450. The minimum Gasteiger partial charge on any atom is -0.453 e. The van der Waals surface area contributed by atoms with Crippen molar-refractivity contribution in [1.82, 2.24) is 30.4 Å². The van der Waals surface area contributed by atoms with Gasteiger partial charge < -0.3 is 29.9 Å². The van der Waals surface area contributed by atoms with Crippen LogP contribution in [0.1, 0.15) is 87.3 Å². The van der Waals surface area contributed by atoms with Gasteiger partial charge in [-0.15, -0.1) is 22.7 Å². The van der Waals surface area contributed by atoms with Gasteiger partial charge in [0.2, 0.25) is 11.8 Å². The maximum Gasteiger partial charge on any atom is 0.407 e. The van der Waals surface area contributed by atoms with E-state index in [2.05, 4.69) is 59.2 Å². The first kappa shape index (κ1) is 38.9. The smallest absolute Gasteiger partial charge is 0.407 e. The quantitative estimate of drug-likeness (QED) is 0.139. The van der Waals surface area contributed by atoms with E-state index in [-0.39, 0.29) is 23.9 Å². The van der Waals surface area contributed by atoms with Gasteiger partial charge in [0.05, 0.1) is 36.1 Å². The van der Waals surface area contributed by atoms with Crippen LogP contribution in [0.2, 0.25) is 0 Å².